The van der Waals surface area contributed by atoms with E-state index in [4.69, 9.17) is 16.3 Å². The molecule has 46 heavy (non-hydrogen) atoms. The van der Waals surface area contributed by atoms with Crippen molar-refractivity contribution >= 4 is 39.1 Å². The van der Waals surface area contributed by atoms with Crippen molar-refractivity contribution in [3.8, 4) is 5.75 Å². The molecule has 4 rings (SSSR count). The van der Waals surface area contributed by atoms with Gasteiger partial charge in [0, 0.05) is 29.1 Å². The van der Waals surface area contributed by atoms with E-state index >= 15 is 4.39 Å². The summed E-state index contributed by atoms with van der Waals surface area (Å²) < 4.78 is 49.4. The molecule has 0 heterocycles. The lowest BCUT2D eigenvalue weighted by Crippen LogP contribution is -2.56. The number of sulfonamides is 1. The van der Waals surface area contributed by atoms with Crippen molar-refractivity contribution in [2.75, 3.05) is 18.0 Å². The van der Waals surface area contributed by atoms with Gasteiger partial charge in [0.25, 0.3) is 10.0 Å². The van der Waals surface area contributed by atoms with Crippen molar-refractivity contribution in [3.05, 3.63) is 125 Å². The van der Waals surface area contributed by atoms with Gasteiger partial charge in [0.05, 0.1) is 17.7 Å². The van der Waals surface area contributed by atoms with E-state index in [-0.39, 0.29) is 34.1 Å². The quantitative estimate of drug-likeness (QED) is 0.193. The Bertz CT molecular complexity index is 1760. The second kappa shape index (κ2) is 14.8. The molecule has 0 radical (unpaired) electrons. The summed E-state index contributed by atoms with van der Waals surface area (Å²) in [6.45, 7) is 4.46. The number of methoxy groups -OCH3 is 1. The first-order valence-corrected chi connectivity index (χ1v) is 16.4. The molecule has 0 saturated heterocycles. The number of carbonyl (C=O) groups is 2. The lowest BCUT2D eigenvalue weighted by atomic mass is 10.0. The second-order valence-corrected chi connectivity index (χ2v) is 14.0. The molecule has 2 amide bonds. The Kier molecular flexibility index (Phi) is 11.1. The third kappa shape index (κ3) is 8.86. The smallest absolute Gasteiger partial charge is 0.264 e. The highest BCUT2D eigenvalue weighted by molar-refractivity contribution is 7.92. The minimum atomic E-state index is -4.34. The topological polar surface area (TPSA) is 96.0 Å². The van der Waals surface area contributed by atoms with Crippen molar-refractivity contribution in [2.24, 2.45) is 0 Å². The standard InChI is InChI=1S/C35H37ClFN3O5S/c1-35(2,3)38-34(42)32(21-25-11-6-5-7-12-25)39(23-26-13-8-9-16-31(26)37)33(41)24-40(28-15-10-14-27(36)22-28)46(43,44)30-19-17-29(45-4)18-20-30/h5-20,22,32H,21,23-24H2,1-4H3,(H,38,42)/t32-/m1/s1. The largest absolute Gasteiger partial charge is 0.497 e. The molecular weight excluding hydrogens is 629 g/mol. The normalized spacial score (nSPS) is 12.2. The van der Waals surface area contributed by atoms with Gasteiger partial charge in [-0.1, -0.05) is 66.2 Å². The molecular formula is C35H37ClFN3O5S. The van der Waals surface area contributed by atoms with Crippen molar-refractivity contribution in [1.29, 1.82) is 0 Å². The van der Waals surface area contributed by atoms with Gasteiger partial charge < -0.3 is 15.0 Å². The van der Waals surface area contributed by atoms with E-state index in [2.05, 4.69) is 5.32 Å². The van der Waals surface area contributed by atoms with E-state index in [0.29, 0.717) is 5.75 Å². The Balaban J connectivity index is 1.83. The summed E-state index contributed by atoms with van der Waals surface area (Å²) >= 11 is 6.26. The van der Waals surface area contributed by atoms with Gasteiger partial charge >= 0.3 is 0 Å². The van der Waals surface area contributed by atoms with Crippen LogP contribution < -0.4 is 14.4 Å². The van der Waals surface area contributed by atoms with Gasteiger partial charge in [-0.25, -0.2) is 12.8 Å². The molecule has 1 atom stereocenters. The highest BCUT2D eigenvalue weighted by Crippen LogP contribution is 2.28. The van der Waals surface area contributed by atoms with Gasteiger partial charge in [-0.2, -0.15) is 0 Å². The molecule has 0 aliphatic heterocycles. The Morgan fingerprint density at radius 1 is 0.913 bits per heavy atom. The molecule has 0 unspecified atom stereocenters. The number of amides is 2. The summed E-state index contributed by atoms with van der Waals surface area (Å²) in [7, 11) is -2.88. The van der Waals surface area contributed by atoms with E-state index in [0.717, 1.165) is 9.87 Å². The van der Waals surface area contributed by atoms with Crippen LogP contribution in [0.15, 0.2) is 108 Å². The van der Waals surface area contributed by atoms with Crippen LogP contribution in [-0.2, 0) is 32.6 Å². The van der Waals surface area contributed by atoms with Gasteiger partial charge in [0.1, 0.15) is 24.2 Å². The summed E-state index contributed by atoms with van der Waals surface area (Å²) in [6.07, 6.45) is 0.103. The second-order valence-electron chi connectivity index (χ2n) is 11.7. The zero-order valence-corrected chi connectivity index (χ0v) is 27.7. The summed E-state index contributed by atoms with van der Waals surface area (Å²) in [5.41, 5.74) is 0.426. The van der Waals surface area contributed by atoms with Crippen LogP contribution in [0.4, 0.5) is 10.1 Å². The lowest BCUT2D eigenvalue weighted by molar-refractivity contribution is -0.140. The minimum absolute atomic E-state index is 0.0898. The van der Waals surface area contributed by atoms with E-state index in [9.17, 15) is 18.0 Å². The first-order valence-electron chi connectivity index (χ1n) is 14.6. The molecule has 0 aliphatic carbocycles. The first kappa shape index (κ1) is 34.5. The lowest BCUT2D eigenvalue weighted by Gasteiger charge is -2.35. The van der Waals surface area contributed by atoms with Gasteiger partial charge in [-0.05, 0) is 74.9 Å². The fourth-order valence-corrected chi connectivity index (χ4v) is 6.44. The third-order valence-corrected chi connectivity index (χ3v) is 9.11. The number of nitrogens with one attached hydrogen (secondary N) is 1. The van der Waals surface area contributed by atoms with Crippen molar-refractivity contribution in [1.82, 2.24) is 10.2 Å². The molecule has 8 nitrogen and oxygen atoms in total. The van der Waals surface area contributed by atoms with E-state index in [1.54, 1.807) is 18.2 Å². The molecule has 0 bridgehead atoms. The van der Waals surface area contributed by atoms with Crippen LogP contribution >= 0.6 is 11.6 Å². The number of hydrogen-bond acceptors (Lipinski definition) is 5. The van der Waals surface area contributed by atoms with E-state index in [1.807, 2.05) is 51.1 Å². The van der Waals surface area contributed by atoms with Crippen LogP contribution in [0, 0.1) is 5.82 Å². The Morgan fingerprint density at radius 2 is 1.57 bits per heavy atom. The molecule has 1 N–H and O–H groups in total. The number of ether oxygens (including phenoxy) is 1. The third-order valence-electron chi connectivity index (χ3n) is 7.09. The van der Waals surface area contributed by atoms with Crippen LogP contribution in [0.3, 0.4) is 0 Å². The molecule has 0 spiro atoms. The van der Waals surface area contributed by atoms with E-state index in [1.165, 1.54) is 66.6 Å². The fourth-order valence-electron chi connectivity index (χ4n) is 4.85. The summed E-state index contributed by atoms with van der Waals surface area (Å²) in [5.74, 6) is -1.29. The zero-order chi connectivity index (χ0) is 33.5. The number of hydrogen-bond donors (Lipinski definition) is 1. The van der Waals surface area contributed by atoms with Crippen LogP contribution in [-0.4, -0.2) is 50.4 Å². The summed E-state index contributed by atoms with van der Waals surface area (Å²) in [6, 6.07) is 25.9. The highest BCUT2D eigenvalue weighted by atomic mass is 35.5. The Labute approximate surface area is 274 Å². The van der Waals surface area contributed by atoms with Crippen LogP contribution in [0.1, 0.15) is 31.9 Å². The predicted octanol–water partition coefficient (Wildman–Crippen LogP) is 6.24. The Morgan fingerprint density at radius 3 is 2.17 bits per heavy atom. The van der Waals surface area contributed by atoms with Crippen molar-refractivity contribution < 1.29 is 27.1 Å². The number of nitrogens with zero attached hydrogens (tertiary/aromatic N) is 2. The Hall–Kier alpha value is -4.41. The maximum atomic E-state index is 15.1. The van der Waals surface area contributed by atoms with Gasteiger partial charge in [-0.3, -0.25) is 13.9 Å². The average molecular weight is 666 g/mol. The molecule has 0 aliphatic rings. The number of carbonyl (C=O) groups excluding carboxylic acids is 2. The van der Waals surface area contributed by atoms with Crippen LogP contribution in [0.5, 0.6) is 5.75 Å². The van der Waals surface area contributed by atoms with Gasteiger partial charge in [0.2, 0.25) is 11.8 Å². The molecule has 0 fully saturated rings. The zero-order valence-electron chi connectivity index (χ0n) is 26.1. The van der Waals surface area contributed by atoms with Crippen molar-refractivity contribution in [2.45, 2.75) is 50.2 Å². The summed E-state index contributed by atoms with van der Waals surface area (Å²) in [5, 5.41) is 3.21. The fraction of sp³-hybridized carbons (Fsp3) is 0.257. The molecule has 0 aromatic heterocycles. The summed E-state index contributed by atoms with van der Waals surface area (Å²) in [4.78, 5) is 29.5. The number of benzene rings is 4. The van der Waals surface area contributed by atoms with Crippen LogP contribution in [0.2, 0.25) is 5.02 Å². The minimum Gasteiger partial charge on any atom is -0.497 e. The first-order chi connectivity index (χ1) is 21.8. The average Bonchev–Trinajstić information content (AvgIpc) is 3.01. The number of rotatable bonds is 12. The molecule has 242 valence electrons. The maximum Gasteiger partial charge on any atom is 0.264 e. The number of halogens is 2. The molecule has 11 heteroatoms. The van der Waals surface area contributed by atoms with Gasteiger partial charge in [0.15, 0.2) is 0 Å². The highest BCUT2D eigenvalue weighted by Gasteiger charge is 2.36. The van der Waals surface area contributed by atoms with E-state index < -0.39 is 45.8 Å². The van der Waals surface area contributed by atoms with Crippen molar-refractivity contribution in [3.63, 3.8) is 0 Å². The molecule has 4 aromatic carbocycles. The monoisotopic (exact) mass is 665 g/mol. The SMILES string of the molecule is COc1ccc(S(=O)(=O)N(CC(=O)N(Cc2ccccc2F)[C@H](Cc2ccccc2)C(=O)NC(C)(C)C)c2cccc(Cl)c2)cc1. The molecule has 0 saturated carbocycles. The van der Waals surface area contributed by atoms with Crippen LogP contribution in [0.25, 0.3) is 0 Å². The predicted molar refractivity (Wildman–Crippen MR) is 178 cm³/mol. The molecule has 4 aromatic rings. The maximum absolute atomic E-state index is 15.1. The van der Waals surface area contributed by atoms with Gasteiger partial charge in [-0.15, -0.1) is 0 Å². The number of anilines is 1.